The summed E-state index contributed by atoms with van der Waals surface area (Å²) in [6.07, 6.45) is 3.99. The maximum absolute atomic E-state index is 10.2. The fraction of sp³-hybridized carbons (Fsp3) is 0.167. The van der Waals surface area contributed by atoms with Crippen molar-refractivity contribution in [2.24, 2.45) is 0 Å². The Morgan fingerprint density at radius 2 is 2.07 bits per heavy atom. The van der Waals surface area contributed by atoms with Crippen LogP contribution in [0.15, 0.2) is 36.5 Å². The van der Waals surface area contributed by atoms with Crippen LogP contribution in [-0.2, 0) is 11.2 Å². The maximum Gasteiger partial charge on any atom is 0.137 e. The first-order valence-corrected chi connectivity index (χ1v) is 4.93. The van der Waals surface area contributed by atoms with E-state index in [9.17, 15) is 4.79 Å². The van der Waals surface area contributed by atoms with Gasteiger partial charge in [-0.05, 0) is 6.42 Å². The molecule has 3 heteroatoms. The SMILES string of the molecule is O=CCCc1c[nH]c(-c2ccccc2)n1. The predicted octanol–water partition coefficient (Wildman–Crippen LogP) is 2.21. The topological polar surface area (TPSA) is 45.8 Å². The Morgan fingerprint density at radius 3 is 2.80 bits per heavy atom. The van der Waals surface area contributed by atoms with Gasteiger partial charge in [0.05, 0.1) is 5.69 Å². The second-order valence-corrected chi connectivity index (χ2v) is 3.31. The number of hydrogen-bond acceptors (Lipinski definition) is 2. The molecule has 15 heavy (non-hydrogen) atoms. The number of carbonyl (C=O) groups excluding carboxylic acids is 1. The third-order valence-electron chi connectivity index (χ3n) is 2.20. The Bertz CT molecular complexity index is 434. The lowest BCUT2D eigenvalue weighted by molar-refractivity contribution is -0.107. The summed E-state index contributed by atoms with van der Waals surface area (Å²) in [5, 5.41) is 0. The molecular weight excluding hydrogens is 188 g/mol. The van der Waals surface area contributed by atoms with Crippen molar-refractivity contribution in [3.8, 4) is 11.4 Å². The highest BCUT2D eigenvalue weighted by molar-refractivity contribution is 5.55. The van der Waals surface area contributed by atoms with Gasteiger partial charge < -0.3 is 9.78 Å². The number of aromatic nitrogens is 2. The number of aryl methyl sites for hydroxylation is 1. The van der Waals surface area contributed by atoms with E-state index in [2.05, 4.69) is 9.97 Å². The molecule has 0 saturated heterocycles. The van der Waals surface area contributed by atoms with Crippen LogP contribution in [0.2, 0.25) is 0 Å². The van der Waals surface area contributed by atoms with Crippen LogP contribution in [0.1, 0.15) is 12.1 Å². The quantitative estimate of drug-likeness (QED) is 0.769. The first kappa shape index (κ1) is 9.65. The van der Waals surface area contributed by atoms with E-state index in [-0.39, 0.29) is 0 Å². The molecular formula is C12H12N2O. The van der Waals surface area contributed by atoms with E-state index in [1.54, 1.807) is 0 Å². The zero-order valence-corrected chi connectivity index (χ0v) is 8.31. The Hall–Kier alpha value is -1.90. The minimum atomic E-state index is 0.527. The van der Waals surface area contributed by atoms with Gasteiger partial charge in [0.2, 0.25) is 0 Å². The van der Waals surface area contributed by atoms with Crippen molar-refractivity contribution in [2.45, 2.75) is 12.8 Å². The van der Waals surface area contributed by atoms with Crippen LogP contribution in [0.3, 0.4) is 0 Å². The molecule has 3 nitrogen and oxygen atoms in total. The van der Waals surface area contributed by atoms with Crippen LogP contribution >= 0.6 is 0 Å². The van der Waals surface area contributed by atoms with Crippen LogP contribution in [0.5, 0.6) is 0 Å². The smallest absolute Gasteiger partial charge is 0.137 e. The molecule has 76 valence electrons. The van der Waals surface area contributed by atoms with Gasteiger partial charge in [0.1, 0.15) is 12.1 Å². The lowest BCUT2D eigenvalue weighted by Crippen LogP contribution is -1.86. The highest BCUT2D eigenvalue weighted by Crippen LogP contribution is 2.14. The largest absolute Gasteiger partial charge is 0.344 e. The third kappa shape index (κ3) is 2.31. The number of benzene rings is 1. The Labute approximate surface area is 88.2 Å². The van der Waals surface area contributed by atoms with E-state index < -0.39 is 0 Å². The van der Waals surface area contributed by atoms with Crippen molar-refractivity contribution in [1.82, 2.24) is 9.97 Å². The molecule has 1 N–H and O–H groups in total. The molecule has 0 radical (unpaired) electrons. The molecule has 0 fully saturated rings. The second kappa shape index (κ2) is 4.55. The van der Waals surface area contributed by atoms with Crippen molar-refractivity contribution in [3.63, 3.8) is 0 Å². The summed E-state index contributed by atoms with van der Waals surface area (Å²) in [6, 6.07) is 9.93. The molecule has 0 bridgehead atoms. The molecule has 0 aliphatic heterocycles. The molecule has 2 rings (SSSR count). The van der Waals surface area contributed by atoms with Gasteiger partial charge in [-0.2, -0.15) is 0 Å². The van der Waals surface area contributed by atoms with Gasteiger partial charge in [-0.3, -0.25) is 0 Å². The summed E-state index contributed by atoms with van der Waals surface area (Å²) in [5.41, 5.74) is 2.00. The molecule has 0 aliphatic rings. The fourth-order valence-electron chi connectivity index (χ4n) is 1.44. The number of H-pyrrole nitrogens is 1. The number of rotatable bonds is 4. The summed E-state index contributed by atoms with van der Waals surface area (Å²) in [4.78, 5) is 17.7. The first-order valence-electron chi connectivity index (χ1n) is 4.93. The van der Waals surface area contributed by atoms with Crippen molar-refractivity contribution in [3.05, 3.63) is 42.2 Å². The Morgan fingerprint density at radius 1 is 1.27 bits per heavy atom. The highest BCUT2D eigenvalue weighted by atomic mass is 16.1. The number of nitrogens with zero attached hydrogens (tertiary/aromatic N) is 1. The summed E-state index contributed by atoms with van der Waals surface area (Å²) in [6.45, 7) is 0. The van der Waals surface area contributed by atoms with Gasteiger partial charge in [-0.25, -0.2) is 4.98 Å². The molecule has 0 spiro atoms. The molecule has 1 heterocycles. The normalized spacial score (nSPS) is 10.1. The highest BCUT2D eigenvalue weighted by Gasteiger charge is 2.02. The summed E-state index contributed by atoms with van der Waals surface area (Å²) in [7, 11) is 0. The van der Waals surface area contributed by atoms with Crippen molar-refractivity contribution in [1.29, 1.82) is 0 Å². The molecule has 1 aromatic carbocycles. The molecule has 2 aromatic rings. The number of aromatic amines is 1. The van der Waals surface area contributed by atoms with E-state index in [0.717, 1.165) is 23.4 Å². The number of imidazole rings is 1. The zero-order chi connectivity index (χ0) is 10.5. The number of hydrogen-bond donors (Lipinski definition) is 1. The van der Waals surface area contributed by atoms with Gasteiger partial charge in [0.25, 0.3) is 0 Å². The minimum absolute atomic E-state index is 0.527. The average molecular weight is 200 g/mol. The van der Waals surface area contributed by atoms with Gasteiger partial charge in [0, 0.05) is 18.2 Å². The first-order chi connectivity index (χ1) is 7.40. The Balaban J connectivity index is 2.17. The number of carbonyl (C=O) groups is 1. The van der Waals surface area contributed by atoms with Gasteiger partial charge >= 0.3 is 0 Å². The van der Waals surface area contributed by atoms with Crippen LogP contribution in [0.25, 0.3) is 11.4 Å². The Kier molecular flexibility index (Phi) is 2.93. The predicted molar refractivity (Wildman–Crippen MR) is 58.4 cm³/mol. The second-order valence-electron chi connectivity index (χ2n) is 3.31. The maximum atomic E-state index is 10.2. The lowest BCUT2D eigenvalue weighted by Gasteiger charge is -1.94. The molecule has 0 amide bonds. The number of aldehydes is 1. The number of nitrogens with one attached hydrogen (secondary N) is 1. The van der Waals surface area contributed by atoms with Gasteiger partial charge in [-0.1, -0.05) is 30.3 Å². The summed E-state index contributed by atoms with van der Waals surface area (Å²) < 4.78 is 0. The van der Waals surface area contributed by atoms with Crippen LogP contribution in [-0.4, -0.2) is 16.3 Å². The van der Waals surface area contributed by atoms with Gasteiger partial charge in [0.15, 0.2) is 0 Å². The van der Waals surface area contributed by atoms with E-state index in [0.29, 0.717) is 12.8 Å². The van der Waals surface area contributed by atoms with E-state index in [1.807, 2.05) is 36.5 Å². The lowest BCUT2D eigenvalue weighted by atomic mass is 10.2. The molecule has 0 aliphatic carbocycles. The standard InChI is InChI=1S/C12H12N2O/c15-8-4-7-11-9-13-12(14-11)10-5-2-1-3-6-10/h1-3,5-6,8-9H,4,7H2,(H,13,14). The van der Waals surface area contributed by atoms with Crippen molar-refractivity contribution in [2.75, 3.05) is 0 Å². The minimum Gasteiger partial charge on any atom is -0.344 e. The molecule has 0 saturated carbocycles. The van der Waals surface area contributed by atoms with E-state index in [1.165, 1.54) is 0 Å². The van der Waals surface area contributed by atoms with Crippen LogP contribution < -0.4 is 0 Å². The summed E-state index contributed by atoms with van der Waals surface area (Å²) in [5.74, 6) is 0.858. The van der Waals surface area contributed by atoms with E-state index in [4.69, 9.17) is 0 Å². The third-order valence-corrected chi connectivity index (χ3v) is 2.20. The molecule has 1 aromatic heterocycles. The molecule has 0 unspecified atom stereocenters. The van der Waals surface area contributed by atoms with E-state index >= 15 is 0 Å². The van der Waals surface area contributed by atoms with Crippen LogP contribution in [0.4, 0.5) is 0 Å². The van der Waals surface area contributed by atoms with Crippen molar-refractivity contribution < 1.29 is 4.79 Å². The summed E-state index contributed by atoms with van der Waals surface area (Å²) >= 11 is 0. The molecule has 0 atom stereocenters. The van der Waals surface area contributed by atoms with Crippen LogP contribution in [0, 0.1) is 0 Å². The average Bonchev–Trinajstić information content (AvgIpc) is 2.76. The van der Waals surface area contributed by atoms with Crippen molar-refractivity contribution >= 4 is 6.29 Å². The van der Waals surface area contributed by atoms with Gasteiger partial charge in [-0.15, -0.1) is 0 Å². The monoisotopic (exact) mass is 200 g/mol. The fourth-order valence-corrected chi connectivity index (χ4v) is 1.44. The zero-order valence-electron chi connectivity index (χ0n) is 8.31.